The standard InChI is InChI=1S/C15H21FN2O/c1-11-6-7-13(16)14(10-11)17-12(2)15(19)18-8-4-3-5-9-18/h6-7,10,12,17H,3-5,8-9H2,1-2H3. The molecule has 0 bridgehead atoms. The first-order valence-electron chi connectivity index (χ1n) is 6.89. The van der Waals surface area contributed by atoms with Crippen molar-refractivity contribution in [2.45, 2.75) is 39.2 Å². The first-order chi connectivity index (χ1) is 9.08. The molecule has 4 heteroatoms. The minimum absolute atomic E-state index is 0.0561. The predicted molar refractivity (Wildman–Crippen MR) is 74.7 cm³/mol. The van der Waals surface area contributed by atoms with Gasteiger partial charge in [0.25, 0.3) is 0 Å². The summed E-state index contributed by atoms with van der Waals surface area (Å²) in [5.41, 5.74) is 1.37. The average Bonchev–Trinajstić information content (AvgIpc) is 2.43. The van der Waals surface area contributed by atoms with E-state index in [4.69, 9.17) is 0 Å². The molecule has 1 heterocycles. The van der Waals surface area contributed by atoms with Crippen molar-refractivity contribution in [3.05, 3.63) is 29.6 Å². The SMILES string of the molecule is Cc1ccc(F)c(NC(C)C(=O)N2CCCCC2)c1. The number of piperidine rings is 1. The molecule has 1 aromatic rings. The maximum atomic E-state index is 13.6. The van der Waals surface area contributed by atoms with E-state index in [2.05, 4.69) is 5.32 Å². The number of carbonyl (C=O) groups excluding carboxylic acids is 1. The minimum Gasteiger partial charge on any atom is -0.372 e. The Balaban J connectivity index is 2.01. The molecule has 0 spiro atoms. The van der Waals surface area contributed by atoms with Gasteiger partial charge < -0.3 is 10.2 Å². The number of hydrogen-bond acceptors (Lipinski definition) is 2. The van der Waals surface area contributed by atoms with Gasteiger partial charge in [-0.25, -0.2) is 4.39 Å². The van der Waals surface area contributed by atoms with Crippen LogP contribution in [0.15, 0.2) is 18.2 Å². The average molecular weight is 264 g/mol. The fraction of sp³-hybridized carbons (Fsp3) is 0.533. The van der Waals surface area contributed by atoms with Crippen LogP contribution in [-0.4, -0.2) is 29.9 Å². The van der Waals surface area contributed by atoms with Gasteiger partial charge in [-0.3, -0.25) is 4.79 Å². The number of hydrogen-bond donors (Lipinski definition) is 1. The van der Waals surface area contributed by atoms with Crippen molar-refractivity contribution in [1.29, 1.82) is 0 Å². The van der Waals surface area contributed by atoms with Crippen LogP contribution in [0.4, 0.5) is 10.1 Å². The summed E-state index contributed by atoms with van der Waals surface area (Å²) in [6.45, 7) is 5.34. The number of benzene rings is 1. The lowest BCUT2D eigenvalue weighted by Gasteiger charge is -2.29. The van der Waals surface area contributed by atoms with E-state index < -0.39 is 6.04 Å². The first-order valence-corrected chi connectivity index (χ1v) is 6.89. The second kappa shape index (κ2) is 6.04. The van der Waals surface area contributed by atoms with Crippen LogP contribution in [0.2, 0.25) is 0 Å². The van der Waals surface area contributed by atoms with Gasteiger partial charge in [0.2, 0.25) is 5.91 Å². The van der Waals surface area contributed by atoms with Crippen LogP contribution in [0.25, 0.3) is 0 Å². The third-order valence-corrected chi connectivity index (χ3v) is 3.53. The molecule has 1 N–H and O–H groups in total. The Hall–Kier alpha value is -1.58. The van der Waals surface area contributed by atoms with Gasteiger partial charge in [-0.05, 0) is 50.8 Å². The highest BCUT2D eigenvalue weighted by atomic mass is 19.1. The molecule has 1 aromatic carbocycles. The number of carbonyl (C=O) groups is 1. The quantitative estimate of drug-likeness (QED) is 0.910. The maximum Gasteiger partial charge on any atom is 0.244 e. The molecule has 0 radical (unpaired) electrons. The van der Waals surface area contributed by atoms with Gasteiger partial charge in [-0.2, -0.15) is 0 Å². The van der Waals surface area contributed by atoms with Gasteiger partial charge in [-0.15, -0.1) is 0 Å². The lowest BCUT2D eigenvalue weighted by Crippen LogP contribution is -2.44. The van der Waals surface area contributed by atoms with Gasteiger partial charge in [-0.1, -0.05) is 6.07 Å². The van der Waals surface area contributed by atoms with E-state index in [9.17, 15) is 9.18 Å². The summed E-state index contributed by atoms with van der Waals surface area (Å²) in [6.07, 6.45) is 3.33. The van der Waals surface area contributed by atoms with Crippen molar-refractivity contribution >= 4 is 11.6 Å². The van der Waals surface area contributed by atoms with Gasteiger partial charge >= 0.3 is 0 Å². The Labute approximate surface area is 113 Å². The monoisotopic (exact) mass is 264 g/mol. The summed E-state index contributed by atoms with van der Waals surface area (Å²) < 4.78 is 13.6. The van der Waals surface area contributed by atoms with Crippen molar-refractivity contribution in [2.75, 3.05) is 18.4 Å². The second-order valence-corrected chi connectivity index (χ2v) is 5.24. The fourth-order valence-corrected chi connectivity index (χ4v) is 2.43. The smallest absolute Gasteiger partial charge is 0.244 e. The van der Waals surface area contributed by atoms with E-state index in [1.54, 1.807) is 19.1 Å². The molecule has 0 saturated carbocycles. The third-order valence-electron chi connectivity index (χ3n) is 3.53. The summed E-state index contributed by atoms with van der Waals surface area (Å²) >= 11 is 0. The van der Waals surface area contributed by atoms with E-state index in [-0.39, 0.29) is 11.7 Å². The third kappa shape index (κ3) is 3.46. The summed E-state index contributed by atoms with van der Waals surface area (Å²) in [5, 5.41) is 2.98. The number of aryl methyl sites for hydroxylation is 1. The molecule has 1 aliphatic heterocycles. The van der Waals surface area contributed by atoms with Crippen molar-refractivity contribution in [2.24, 2.45) is 0 Å². The Kier molecular flexibility index (Phi) is 4.40. The Morgan fingerprint density at radius 2 is 2.00 bits per heavy atom. The summed E-state index contributed by atoms with van der Waals surface area (Å²) in [4.78, 5) is 14.1. The molecule has 3 nitrogen and oxygen atoms in total. The summed E-state index contributed by atoms with van der Waals surface area (Å²) in [5.74, 6) is -0.260. The van der Waals surface area contributed by atoms with Gasteiger partial charge in [0.05, 0.1) is 5.69 Å². The van der Waals surface area contributed by atoms with E-state index in [0.29, 0.717) is 5.69 Å². The van der Waals surface area contributed by atoms with Gasteiger partial charge in [0.15, 0.2) is 0 Å². The van der Waals surface area contributed by atoms with Crippen molar-refractivity contribution < 1.29 is 9.18 Å². The molecule has 1 unspecified atom stereocenters. The zero-order valence-corrected chi connectivity index (χ0v) is 11.6. The molecule has 0 aromatic heterocycles. The largest absolute Gasteiger partial charge is 0.372 e. The topological polar surface area (TPSA) is 32.3 Å². The first kappa shape index (κ1) is 13.8. The van der Waals surface area contributed by atoms with Crippen LogP contribution in [0, 0.1) is 12.7 Å². The van der Waals surface area contributed by atoms with Crippen molar-refractivity contribution in [3.63, 3.8) is 0 Å². The van der Waals surface area contributed by atoms with Crippen LogP contribution in [-0.2, 0) is 4.79 Å². The Bertz CT molecular complexity index is 455. The molecule has 1 fully saturated rings. The lowest BCUT2D eigenvalue weighted by molar-refractivity contribution is -0.132. The van der Waals surface area contributed by atoms with Gasteiger partial charge in [0, 0.05) is 13.1 Å². The highest BCUT2D eigenvalue weighted by molar-refractivity contribution is 5.84. The zero-order chi connectivity index (χ0) is 13.8. The number of likely N-dealkylation sites (tertiary alicyclic amines) is 1. The number of rotatable bonds is 3. The van der Waals surface area contributed by atoms with Crippen LogP contribution in [0.1, 0.15) is 31.7 Å². The number of anilines is 1. The number of halogens is 1. The van der Waals surface area contributed by atoms with E-state index >= 15 is 0 Å². The van der Waals surface area contributed by atoms with E-state index in [0.717, 1.165) is 31.5 Å². The van der Waals surface area contributed by atoms with E-state index in [1.807, 2.05) is 11.8 Å². The molecule has 1 saturated heterocycles. The molecule has 1 amide bonds. The fourth-order valence-electron chi connectivity index (χ4n) is 2.43. The molecule has 0 aliphatic carbocycles. The maximum absolute atomic E-state index is 13.6. The lowest BCUT2D eigenvalue weighted by atomic mass is 10.1. The molecular formula is C15H21FN2O. The normalized spacial score (nSPS) is 17.1. The number of nitrogens with zero attached hydrogens (tertiary/aromatic N) is 1. The van der Waals surface area contributed by atoms with E-state index in [1.165, 1.54) is 12.5 Å². The number of nitrogens with one attached hydrogen (secondary N) is 1. The van der Waals surface area contributed by atoms with Gasteiger partial charge in [0.1, 0.15) is 11.9 Å². The molecular weight excluding hydrogens is 243 g/mol. The predicted octanol–water partition coefficient (Wildman–Crippen LogP) is 2.95. The zero-order valence-electron chi connectivity index (χ0n) is 11.6. The van der Waals surface area contributed by atoms with Crippen LogP contribution in [0.5, 0.6) is 0 Å². The second-order valence-electron chi connectivity index (χ2n) is 5.24. The molecule has 1 atom stereocenters. The Morgan fingerprint density at radius 1 is 1.32 bits per heavy atom. The molecule has 2 rings (SSSR count). The molecule has 104 valence electrons. The van der Waals surface area contributed by atoms with Crippen molar-refractivity contribution in [1.82, 2.24) is 4.90 Å². The highest BCUT2D eigenvalue weighted by Crippen LogP contribution is 2.18. The molecule has 19 heavy (non-hydrogen) atoms. The number of amides is 1. The van der Waals surface area contributed by atoms with Crippen molar-refractivity contribution in [3.8, 4) is 0 Å². The van der Waals surface area contributed by atoms with Crippen LogP contribution in [0.3, 0.4) is 0 Å². The minimum atomic E-state index is -0.394. The van der Waals surface area contributed by atoms with Crippen LogP contribution >= 0.6 is 0 Å². The highest BCUT2D eigenvalue weighted by Gasteiger charge is 2.22. The summed E-state index contributed by atoms with van der Waals surface area (Å²) in [7, 11) is 0. The summed E-state index contributed by atoms with van der Waals surface area (Å²) in [6, 6.07) is 4.48. The molecule has 1 aliphatic rings. The Morgan fingerprint density at radius 3 is 2.68 bits per heavy atom. The van der Waals surface area contributed by atoms with Crippen LogP contribution < -0.4 is 5.32 Å².